The maximum atomic E-state index is 12.8. The van der Waals surface area contributed by atoms with Crippen molar-refractivity contribution in [3.8, 4) is 0 Å². The number of carbonyl (C=O) groups excluding carboxylic acids is 2. The summed E-state index contributed by atoms with van der Waals surface area (Å²) in [4.78, 5) is 24.1. The highest BCUT2D eigenvalue weighted by atomic mass is 19.4. The van der Waals surface area contributed by atoms with Gasteiger partial charge in [-0.2, -0.15) is 13.2 Å². The van der Waals surface area contributed by atoms with Gasteiger partial charge in [0.2, 0.25) is 11.8 Å². The van der Waals surface area contributed by atoms with Gasteiger partial charge in [0, 0.05) is 17.8 Å². The van der Waals surface area contributed by atoms with Crippen LogP contribution in [0.5, 0.6) is 0 Å². The molecule has 0 radical (unpaired) electrons. The molecule has 0 saturated heterocycles. The number of benzene rings is 2. The number of amides is 2. The minimum Gasteiger partial charge on any atom is -0.349 e. The van der Waals surface area contributed by atoms with E-state index in [0.717, 1.165) is 17.7 Å². The zero-order valence-corrected chi connectivity index (χ0v) is 16.4. The lowest BCUT2D eigenvalue weighted by Crippen LogP contribution is -2.43. The number of aryl methyl sites for hydroxylation is 1. The van der Waals surface area contributed by atoms with E-state index < -0.39 is 29.7 Å². The van der Waals surface area contributed by atoms with E-state index >= 15 is 0 Å². The number of hydrogen-bond acceptors (Lipinski definition) is 3. The molecule has 5 nitrogen and oxygen atoms in total. The number of hydrogen-bond donors (Lipinski definition) is 3. The smallest absolute Gasteiger partial charge is 0.349 e. The molecule has 0 bridgehead atoms. The third kappa shape index (κ3) is 7.71. The molecule has 0 heterocycles. The molecule has 2 rings (SSSR count). The summed E-state index contributed by atoms with van der Waals surface area (Å²) in [5.41, 5.74) is 5.84. The standard InChI is InChI=1S/C22H24F3N3O2/c1-15(26)21(30)28-18(11-10-16-6-3-2-4-7-16)12-13-20(29)27-19-9-5-8-17(14-19)22(23,24)25/h2-9,12-15,18H,10-11,26H2,1H3,(H,27,29)(H,28,30)/b13-12+/t15-,18-/m0/s1. The van der Waals surface area contributed by atoms with Crippen molar-refractivity contribution in [2.24, 2.45) is 5.73 Å². The van der Waals surface area contributed by atoms with E-state index in [0.29, 0.717) is 12.8 Å². The van der Waals surface area contributed by atoms with Crippen molar-refractivity contribution in [1.82, 2.24) is 5.32 Å². The number of carbonyl (C=O) groups is 2. The summed E-state index contributed by atoms with van der Waals surface area (Å²) in [5, 5.41) is 5.15. The molecule has 0 aromatic heterocycles. The van der Waals surface area contributed by atoms with Gasteiger partial charge in [-0.05, 0) is 43.5 Å². The summed E-state index contributed by atoms with van der Waals surface area (Å²) >= 11 is 0. The minimum absolute atomic E-state index is 0.0277. The Morgan fingerprint density at radius 1 is 1.10 bits per heavy atom. The number of alkyl halides is 3. The van der Waals surface area contributed by atoms with E-state index in [4.69, 9.17) is 5.73 Å². The molecule has 0 unspecified atom stereocenters. The molecule has 4 N–H and O–H groups in total. The number of halogens is 3. The number of nitrogens with two attached hydrogens (primary N) is 1. The Morgan fingerprint density at radius 2 is 1.80 bits per heavy atom. The van der Waals surface area contributed by atoms with Gasteiger partial charge in [-0.25, -0.2) is 0 Å². The van der Waals surface area contributed by atoms with Gasteiger partial charge < -0.3 is 16.4 Å². The molecule has 0 fully saturated rings. The van der Waals surface area contributed by atoms with Crippen molar-refractivity contribution in [1.29, 1.82) is 0 Å². The average Bonchev–Trinajstić information content (AvgIpc) is 2.70. The fourth-order valence-corrected chi connectivity index (χ4v) is 2.66. The van der Waals surface area contributed by atoms with E-state index in [9.17, 15) is 22.8 Å². The van der Waals surface area contributed by atoms with Gasteiger partial charge in [0.05, 0.1) is 11.6 Å². The zero-order valence-electron chi connectivity index (χ0n) is 16.4. The predicted octanol–water partition coefficient (Wildman–Crippen LogP) is 3.66. The molecule has 0 saturated carbocycles. The van der Waals surface area contributed by atoms with Crippen LogP contribution in [-0.4, -0.2) is 23.9 Å². The quantitative estimate of drug-likeness (QED) is 0.571. The first-order valence-electron chi connectivity index (χ1n) is 9.41. The lowest BCUT2D eigenvalue weighted by molar-refractivity contribution is -0.137. The lowest BCUT2D eigenvalue weighted by Gasteiger charge is -2.17. The van der Waals surface area contributed by atoms with Gasteiger partial charge in [0.15, 0.2) is 0 Å². The Labute approximate surface area is 173 Å². The second kappa shape index (κ2) is 10.6. The van der Waals surface area contributed by atoms with Crippen molar-refractivity contribution < 1.29 is 22.8 Å². The van der Waals surface area contributed by atoms with Crippen LogP contribution in [0.3, 0.4) is 0 Å². The van der Waals surface area contributed by atoms with E-state index in [-0.39, 0.29) is 11.6 Å². The first-order chi connectivity index (χ1) is 14.1. The Hall–Kier alpha value is -3.13. The highest BCUT2D eigenvalue weighted by molar-refractivity contribution is 5.99. The van der Waals surface area contributed by atoms with E-state index in [1.165, 1.54) is 24.3 Å². The summed E-state index contributed by atoms with van der Waals surface area (Å²) in [6.45, 7) is 1.55. The summed E-state index contributed by atoms with van der Waals surface area (Å²) in [6.07, 6.45) is -0.619. The first-order valence-corrected chi connectivity index (χ1v) is 9.41. The number of anilines is 1. The number of rotatable bonds is 8. The Kier molecular flexibility index (Phi) is 8.17. The molecule has 2 amide bonds. The average molecular weight is 419 g/mol. The highest BCUT2D eigenvalue weighted by Gasteiger charge is 2.30. The van der Waals surface area contributed by atoms with Crippen molar-refractivity contribution >= 4 is 17.5 Å². The maximum Gasteiger partial charge on any atom is 0.416 e. The fourth-order valence-electron chi connectivity index (χ4n) is 2.66. The van der Waals surface area contributed by atoms with Gasteiger partial charge in [0.1, 0.15) is 0 Å². The third-order valence-corrected chi connectivity index (χ3v) is 4.27. The minimum atomic E-state index is -4.50. The largest absolute Gasteiger partial charge is 0.416 e. The van der Waals surface area contributed by atoms with Crippen LogP contribution in [-0.2, 0) is 22.2 Å². The highest BCUT2D eigenvalue weighted by Crippen LogP contribution is 2.30. The Bertz CT molecular complexity index is 881. The van der Waals surface area contributed by atoms with E-state index in [1.54, 1.807) is 6.92 Å². The van der Waals surface area contributed by atoms with Crippen molar-refractivity contribution in [3.05, 3.63) is 77.9 Å². The van der Waals surface area contributed by atoms with Crippen LogP contribution in [0, 0.1) is 0 Å². The van der Waals surface area contributed by atoms with Gasteiger partial charge in [-0.3, -0.25) is 9.59 Å². The third-order valence-electron chi connectivity index (χ3n) is 4.27. The van der Waals surface area contributed by atoms with Crippen LogP contribution in [0.2, 0.25) is 0 Å². The van der Waals surface area contributed by atoms with Crippen LogP contribution in [0.1, 0.15) is 24.5 Å². The van der Waals surface area contributed by atoms with E-state index in [1.807, 2.05) is 30.3 Å². The van der Waals surface area contributed by atoms with Crippen molar-refractivity contribution in [2.75, 3.05) is 5.32 Å². The van der Waals surface area contributed by atoms with Crippen LogP contribution in [0.25, 0.3) is 0 Å². The molecule has 2 atom stereocenters. The lowest BCUT2D eigenvalue weighted by atomic mass is 10.0. The molecule has 0 spiro atoms. The SMILES string of the molecule is C[C@H](N)C(=O)N[C@H](/C=C/C(=O)Nc1cccc(C(F)(F)F)c1)CCc1ccccc1. The van der Waals surface area contributed by atoms with Gasteiger partial charge >= 0.3 is 6.18 Å². The van der Waals surface area contributed by atoms with Crippen LogP contribution >= 0.6 is 0 Å². The van der Waals surface area contributed by atoms with Crippen LogP contribution in [0.4, 0.5) is 18.9 Å². The molecule has 8 heteroatoms. The summed E-state index contributed by atoms with van der Waals surface area (Å²) in [5.74, 6) is -0.968. The molecule has 0 aliphatic rings. The van der Waals surface area contributed by atoms with Crippen LogP contribution < -0.4 is 16.4 Å². The Balaban J connectivity index is 2.03. The van der Waals surface area contributed by atoms with Gasteiger partial charge in [-0.15, -0.1) is 0 Å². The topological polar surface area (TPSA) is 84.2 Å². The second-order valence-electron chi connectivity index (χ2n) is 6.85. The zero-order chi connectivity index (χ0) is 22.1. The molecule has 2 aromatic rings. The monoisotopic (exact) mass is 419 g/mol. The van der Waals surface area contributed by atoms with Crippen LogP contribution in [0.15, 0.2) is 66.7 Å². The summed E-state index contributed by atoms with van der Waals surface area (Å²) in [7, 11) is 0. The molecule has 160 valence electrons. The molecule has 2 aromatic carbocycles. The predicted molar refractivity (Wildman–Crippen MR) is 110 cm³/mol. The fraction of sp³-hybridized carbons (Fsp3) is 0.273. The summed E-state index contributed by atoms with van der Waals surface area (Å²) in [6, 6.07) is 12.8. The number of nitrogens with one attached hydrogen (secondary N) is 2. The molecule has 0 aliphatic heterocycles. The van der Waals surface area contributed by atoms with Crippen molar-refractivity contribution in [3.63, 3.8) is 0 Å². The maximum absolute atomic E-state index is 12.8. The van der Waals surface area contributed by atoms with Gasteiger partial charge in [0.25, 0.3) is 0 Å². The molecule has 30 heavy (non-hydrogen) atoms. The molecule has 0 aliphatic carbocycles. The summed E-state index contributed by atoms with van der Waals surface area (Å²) < 4.78 is 38.4. The Morgan fingerprint density at radius 3 is 2.43 bits per heavy atom. The second-order valence-corrected chi connectivity index (χ2v) is 6.85. The van der Waals surface area contributed by atoms with Gasteiger partial charge in [-0.1, -0.05) is 42.5 Å². The van der Waals surface area contributed by atoms with E-state index in [2.05, 4.69) is 10.6 Å². The molecular weight excluding hydrogens is 395 g/mol. The first kappa shape index (κ1) is 23.2. The van der Waals surface area contributed by atoms with Crippen molar-refractivity contribution in [2.45, 2.75) is 38.0 Å². The molecular formula is C22H24F3N3O2. The normalized spacial score (nSPS) is 13.6.